The van der Waals surface area contributed by atoms with Gasteiger partial charge in [0, 0.05) is 45.4 Å². The third-order valence-electron chi connectivity index (χ3n) is 14.9. The van der Waals surface area contributed by atoms with Crippen molar-refractivity contribution in [3.05, 3.63) is 29.8 Å². The van der Waals surface area contributed by atoms with E-state index in [1.165, 1.54) is 30.7 Å². The summed E-state index contributed by atoms with van der Waals surface area (Å²) < 4.78 is 0. The average molecular weight is 1090 g/mol. The van der Waals surface area contributed by atoms with Crippen molar-refractivity contribution < 1.29 is 74.4 Å². The molecule has 3 aliphatic rings. The number of rotatable bonds is 23. The summed E-state index contributed by atoms with van der Waals surface area (Å²) in [4.78, 5) is 102. The molecule has 0 saturated carbocycles. The molecule has 3 fully saturated rings. The molecule has 1 aromatic carbocycles. The first-order valence-corrected chi connectivity index (χ1v) is 27.3. The van der Waals surface area contributed by atoms with E-state index in [2.05, 4.69) is 52.7 Å². The summed E-state index contributed by atoms with van der Waals surface area (Å²) in [7, 11) is 0. The Morgan fingerprint density at radius 1 is 0.753 bits per heavy atom. The van der Waals surface area contributed by atoms with E-state index in [1.807, 2.05) is 0 Å². The maximum Gasteiger partial charge on any atom is 0.248 e. The molecule has 0 radical (unpaired) electrons. The molecule has 0 aliphatic carbocycles. The Kier molecular flexibility index (Phi) is 26.4. The van der Waals surface area contributed by atoms with Crippen molar-refractivity contribution >= 4 is 41.4 Å². The van der Waals surface area contributed by atoms with Crippen molar-refractivity contribution in [3.8, 4) is 5.75 Å². The third kappa shape index (κ3) is 18.8. The Morgan fingerprint density at radius 2 is 1.39 bits per heavy atom. The number of nitrogens with zero attached hydrogens (tertiary/aromatic N) is 2. The highest BCUT2D eigenvalue weighted by Gasteiger charge is 2.49. The van der Waals surface area contributed by atoms with Gasteiger partial charge in [0.05, 0.1) is 30.5 Å². The minimum absolute atomic E-state index is 0.00768. The first-order chi connectivity index (χ1) is 36.5. The lowest BCUT2D eigenvalue weighted by molar-refractivity contribution is -0.148. The molecule has 7 amide bonds. The Balaban J connectivity index is 1.72. The maximum atomic E-state index is 14.6. The number of aliphatic hydroxyl groups is 7. The van der Waals surface area contributed by atoms with E-state index in [4.69, 9.17) is 11.5 Å². The molecule has 25 nitrogen and oxygen atoms in total. The van der Waals surface area contributed by atoms with Gasteiger partial charge in [-0.1, -0.05) is 77.8 Å². The minimum Gasteiger partial charge on any atom is -0.508 e. The molecule has 77 heavy (non-hydrogen) atoms. The molecule has 18 N–H and O–H groups in total. The van der Waals surface area contributed by atoms with Crippen molar-refractivity contribution in [2.45, 2.75) is 203 Å². The number of unbranched alkanes of at least 4 members (excludes halogenated alkanes) is 5. The van der Waals surface area contributed by atoms with Gasteiger partial charge in [0.25, 0.3) is 0 Å². The van der Waals surface area contributed by atoms with Gasteiger partial charge in [-0.05, 0) is 68.7 Å². The molecule has 0 aromatic heterocycles. The largest absolute Gasteiger partial charge is 0.508 e. The number of phenolic OH excluding ortho intramolecular Hbond substituents is 1. The van der Waals surface area contributed by atoms with E-state index in [1.54, 1.807) is 0 Å². The number of benzene rings is 1. The van der Waals surface area contributed by atoms with E-state index in [-0.39, 0.29) is 56.8 Å². The molecule has 25 heteroatoms. The SMILES string of the molecule is CCC(C)CC(C)CCCCCCCCC(=O)N[C@H]1CC(=O)N[C@H]([C@H](C)O)C(=O)N2C[C@@H](O)C[C@@H]2C(=O)N[C@H]([C@@H](O)[C@H](O)c2ccc(O)cc2)C(=O)N[C@H]([C@@H](O)CCN)C(=O)N2CC[C@@H](O)[C@@H]2C(=O)N[C@@H](NCCN)[C@H]1O. The zero-order valence-corrected chi connectivity index (χ0v) is 45.0. The predicted octanol–water partition coefficient (Wildman–Crippen LogP) is -3.31. The van der Waals surface area contributed by atoms with Gasteiger partial charge >= 0.3 is 0 Å². The molecule has 4 rings (SSSR count). The standard InChI is InChI=1S/C52H88N10O15/c1-5-28(2)24-29(3)12-10-8-6-7-9-11-13-38(68)56-34-26-39(69)57-40(30(4)63)51(76)62-27-33(65)25-35(62)48(73)59-42(46(72)44(70)31-14-16-32(64)17-15-31)49(74)58-41(36(66)18-20-53)52(77)61-23-19-37(67)43(61)50(75)60-47(45(34)71)55-22-21-54/h14-17,28-30,33-37,40-47,55,63-67,70-72H,5-13,18-27,53-54H2,1-4H3,(H,56,68)(H,57,69)(H,58,74)(H,59,73)(H,60,75)/t28?,29?,30-,33-,34-,35+,36-,37+,40+,41+,42+,43+,44+,45-,46+,47+/m0/s1. The molecule has 0 spiro atoms. The highest BCUT2D eigenvalue weighted by atomic mass is 16.3. The van der Waals surface area contributed by atoms with Crippen LogP contribution in [0.3, 0.4) is 0 Å². The maximum absolute atomic E-state index is 14.6. The van der Waals surface area contributed by atoms with Gasteiger partial charge in [0.15, 0.2) is 0 Å². The number of carbonyl (C=O) groups is 7. The van der Waals surface area contributed by atoms with Crippen LogP contribution in [-0.4, -0.2) is 204 Å². The molecule has 3 aliphatic heterocycles. The molecule has 3 saturated heterocycles. The van der Waals surface area contributed by atoms with Gasteiger partial charge in [0.1, 0.15) is 60.4 Å². The number of aromatic hydroxyl groups is 1. The summed E-state index contributed by atoms with van der Waals surface area (Å²) in [5.74, 6) is -6.32. The van der Waals surface area contributed by atoms with E-state index in [9.17, 15) is 74.4 Å². The molecular formula is C52H88N10O15. The fraction of sp³-hybridized carbons (Fsp3) is 0.750. The van der Waals surface area contributed by atoms with E-state index in [0.717, 1.165) is 61.7 Å². The van der Waals surface area contributed by atoms with E-state index < -0.39 is 146 Å². The fourth-order valence-electron chi connectivity index (χ4n) is 10.3. The number of phenols is 1. The first kappa shape index (κ1) is 64.4. The van der Waals surface area contributed by atoms with Crippen LogP contribution < -0.4 is 43.4 Å². The lowest BCUT2D eigenvalue weighted by atomic mass is 9.91. The minimum atomic E-state index is -2.27. The molecule has 16 atom stereocenters. The van der Waals surface area contributed by atoms with Crippen LogP contribution in [0, 0.1) is 11.8 Å². The van der Waals surface area contributed by atoms with Gasteiger partial charge in [-0.15, -0.1) is 0 Å². The van der Waals surface area contributed by atoms with Crippen LogP contribution in [-0.2, 0) is 33.6 Å². The smallest absolute Gasteiger partial charge is 0.248 e. The van der Waals surface area contributed by atoms with Gasteiger partial charge < -0.3 is 88.7 Å². The number of hydrogen-bond acceptors (Lipinski definition) is 18. The lowest BCUT2D eigenvalue weighted by Gasteiger charge is -2.35. The number of hydrogen-bond donors (Lipinski definition) is 16. The summed E-state index contributed by atoms with van der Waals surface area (Å²) in [6.45, 7) is 6.70. The number of aliphatic hydroxyl groups excluding tert-OH is 7. The van der Waals surface area contributed by atoms with Crippen molar-refractivity contribution in [2.75, 3.05) is 32.7 Å². The first-order valence-electron chi connectivity index (χ1n) is 27.3. The number of nitrogens with one attached hydrogen (secondary N) is 6. The number of nitrogens with two attached hydrogens (primary N) is 2. The molecule has 3 heterocycles. The van der Waals surface area contributed by atoms with Crippen LogP contribution in [0.15, 0.2) is 24.3 Å². The van der Waals surface area contributed by atoms with Crippen molar-refractivity contribution in [1.82, 2.24) is 41.7 Å². The van der Waals surface area contributed by atoms with E-state index in [0.29, 0.717) is 18.3 Å². The normalized spacial score (nSPS) is 28.6. The van der Waals surface area contributed by atoms with Gasteiger partial charge in [-0.2, -0.15) is 0 Å². The Labute approximate surface area is 450 Å². The summed E-state index contributed by atoms with van der Waals surface area (Å²) in [5.41, 5.74) is 11.5. The van der Waals surface area contributed by atoms with Crippen LogP contribution in [0.2, 0.25) is 0 Å². The summed E-state index contributed by atoms with van der Waals surface area (Å²) in [5, 5.41) is 105. The van der Waals surface area contributed by atoms with Gasteiger partial charge in [0.2, 0.25) is 41.4 Å². The highest BCUT2D eigenvalue weighted by molar-refractivity contribution is 5.97. The van der Waals surface area contributed by atoms with Gasteiger partial charge in [-0.3, -0.25) is 38.9 Å². The van der Waals surface area contributed by atoms with Crippen LogP contribution in [0.1, 0.15) is 129 Å². The van der Waals surface area contributed by atoms with Crippen molar-refractivity contribution in [1.29, 1.82) is 0 Å². The monoisotopic (exact) mass is 1090 g/mol. The molecular weight excluding hydrogens is 1000 g/mol. The zero-order chi connectivity index (χ0) is 57.1. The molecule has 1 aromatic rings. The Bertz CT molecular complexity index is 2070. The second-order valence-corrected chi connectivity index (χ2v) is 21.3. The van der Waals surface area contributed by atoms with Crippen LogP contribution >= 0.6 is 0 Å². The molecule has 436 valence electrons. The lowest BCUT2D eigenvalue weighted by Crippen LogP contribution is -2.65. The number of amides is 7. The average Bonchev–Trinajstić information content (AvgIpc) is 3.99. The summed E-state index contributed by atoms with van der Waals surface area (Å²) in [6.07, 6.45) is -7.17. The second-order valence-electron chi connectivity index (χ2n) is 21.3. The van der Waals surface area contributed by atoms with Gasteiger partial charge in [-0.25, -0.2) is 0 Å². The second kappa shape index (κ2) is 31.5. The topological polar surface area (TPSA) is 412 Å². The fourth-order valence-corrected chi connectivity index (χ4v) is 10.3. The van der Waals surface area contributed by atoms with E-state index >= 15 is 0 Å². The zero-order valence-electron chi connectivity index (χ0n) is 45.0. The molecule has 0 bridgehead atoms. The van der Waals surface area contributed by atoms with Crippen LogP contribution in [0.4, 0.5) is 0 Å². The Hall–Kier alpha value is -5.09. The Morgan fingerprint density at radius 3 is 2.03 bits per heavy atom. The number of fused-ring (bicyclic) bond motifs is 2. The summed E-state index contributed by atoms with van der Waals surface area (Å²) in [6, 6.07) is -6.23. The quantitative estimate of drug-likeness (QED) is 0.0477. The number of carbonyl (C=O) groups excluding carboxylic acids is 7. The highest BCUT2D eigenvalue weighted by Crippen LogP contribution is 2.27. The summed E-state index contributed by atoms with van der Waals surface area (Å²) >= 11 is 0. The molecule has 2 unspecified atom stereocenters. The van der Waals surface area contributed by atoms with Crippen molar-refractivity contribution in [3.63, 3.8) is 0 Å². The van der Waals surface area contributed by atoms with Crippen LogP contribution in [0.5, 0.6) is 5.75 Å². The third-order valence-corrected chi connectivity index (χ3v) is 14.9. The van der Waals surface area contributed by atoms with Crippen molar-refractivity contribution in [2.24, 2.45) is 23.3 Å². The van der Waals surface area contributed by atoms with Crippen LogP contribution in [0.25, 0.3) is 0 Å². The predicted molar refractivity (Wildman–Crippen MR) is 280 cm³/mol.